The summed E-state index contributed by atoms with van der Waals surface area (Å²) in [6.07, 6.45) is 3.46. The number of carbonyl (C=O) groups excluding carboxylic acids is 1. The van der Waals surface area contributed by atoms with Gasteiger partial charge in [-0.1, -0.05) is 18.0 Å². The number of anilines is 1. The van der Waals surface area contributed by atoms with E-state index in [-0.39, 0.29) is 0 Å². The van der Waals surface area contributed by atoms with Crippen molar-refractivity contribution in [2.24, 2.45) is 11.7 Å². The van der Waals surface area contributed by atoms with Crippen molar-refractivity contribution >= 4 is 23.3 Å². The predicted molar refractivity (Wildman–Crippen MR) is 76.6 cm³/mol. The second-order valence-corrected chi connectivity index (χ2v) is 5.27. The molecule has 4 nitrogen and oxygen atoms in total. The molecule has 1 aliphatic carbocycles. The molecule has 0 bridgehead atoms. The minimum absolute atomic E-state index is 0.372. The van der Waals surface area contributed by atoms with E-state index in [9.17, 15) is 4.79 Å². The van der Waals surface area contributed by atoms with Crippen LogP contribution >= 0.6 is 11.6 Å². The summed E-state index contributed by atoms with van der Waals surface area (Å²) in [5.74, 6) is 0.0766. The summed E-state index contributed by atoms with van der Waals surface area (Å²) in [6.45, 7) is 0.690. The van der Waals surface area contributed by atoms with Crippen LogP contribution in [-0.4, -0.2) is 25.7 Å². The van der Waals surface area contributed by atoms with E-state index in [1.807, 2.05) is 6.07 Å². The van der Waals surface area contributed by atoms with E-state index in [0.29, 0.717) is 29.1 Å². The second kappa shape index (κ2) is 6.26. The third-order valence-corrected chi connectivity index (χ3v) is 4.02. The van der Waals surface area contributed by atoms with Crippen molar-refractivity contribution in [3.63, 3.8) is 0 Å². The molecule has 0 spiro atoms. The number of halogens is 1. The van der Waals surface area contributed by atoms with Gasteiger partial charge in [0.25, 0.3) is 0 Å². The molecule has 0 amide bonds. The van der Waals surface area contributed by atoms with Crippen molar-refractivity contribution in [3.05, 3.63) is 28.8 Å². The van der Waals surface area contributed by atoms with Gasteiger partial charge in [-0.3, -0.25) is 0 Å². The number of esters is 1. The average molecular weight is 283 g/mol. The zero-order valence-corrected chi connectivity index (χ0v) is 11.7. The highest BCUT2D eigenvalue weighted by Gasteiger charge is 2.26. The lowest BCUT2D eigenvalue weighted by molar-refractivity contribution is 0.0601. The largest absolute Gasteiger partial charge is 0.465 e. The van der Waals surface area contributed by atoms with Crippen LogP contribution in [0.15, 0.2) is 18.2 Å². The van der Waals surface area contributed by atoms with Gasteiger partial charge in [-0.25, -0.2) is 4.79 Å². The molecule has 19 heavy (non-hydrogen) atoms. The smallest absolute Gasteiger partial charge is 0.339 e. The molecule has 5 heteroatoms. The highest BCUT2D eigenvalue weighted by Crippen LogP contribution is 2.29. The van der Waals surface area contributed by atoms with Gasteiger partial charge in [0.1, 0.15) is 0 Å². The van der Waals surface area contributed by atoms with Gasteiger partial charge in [0, 0.05) is 11.7 Å². The Morgan fingerprint density at radius 2 is 2.32 bits per heavy atom. The molecule has 2 rings (SSSR count). The molecule has 1 aromatic carbocycles. The molecule has 2 atom stereocenters. The molecule has 2 unspecified atom stereocenters. The fraction of sp³-hybridized carbons (Fsp3) is 0.500. The Morgan fingerprint density at radius 1 is 1.53 bits per heavy atom. The Kier molecular flexibility index (Phi) is 4.66. The standard InChI is InChI=1S/C14H19ClN2O2/c1-19-14(18)11-7-10(5-6-12(11)15)17-13-4-2-3-9(13)8-16/h5-7,9,13,17H,2-4,8,16H2,1H3. The van der Waals surface area contributed by atoms with Crippen molar-refractivity contribution in [3.8, 4) is 0 Å². The Hall–Kier alpha value is -1.26. The fourth-order valence-corrected chi connectivity index (χ4v) is 2.80. The third kappa shape index (κ3) is 3.19. The lowest BCUT2D eigenvalue weighted by Gasteiger charge is -2.21. The van der Waals surface area contributed by atoms with Crippen molar-refractivity contribution in [2.45, 2.75) is 25.3 Å². The number of rotatable bonds is 4. The van der Waals surface area contributed by atoms with Gasteiger partial charge in [-0.2, -0.15) is 0 Å². The zero-order chi connectivity index (χ0) is 13.8. The van der Waals surface area contributed by atoms with Gasteiger partial charge in [-0.05, 0) is 43.5 Å². The highest BCUT2D eigenvalue weighted by atomic mass is 35.5. The number of methoxy groups -OCH3 is 1. The quantitative estimate of drug-likeness (QED) is 0.834. The molecule has 0 aliphatic heterocycles. The minimum atomic E-state index is -0.421. The number of benzene rings is 1. The van der Waals surface area contributed by atoms with E-state index in [1.54, 1.807) is 12.1 Å². The van der Waals surface area contributed by atoms with Gasteiger partial charge in [0.05, 0.1) is 17.7 Å². The van der Waals surface area contributed by atoms with Gasteiger partial charge < -0.3 is 15.8 Å². The normalized spacial score (nSPS) is 22.3. The number of ether oxygens (including phenoxy) is 1. The number of hydrogen-bond donors (Lipinski definition) is 2. The van der Waals surface area contributed by atoms with E-state index in [0.717, 1.165) is 18.5 Å². The van der Waals surface area contributed by atoms with Crippen LogP contribution in [0.5, 0.6) is 0 Å². The lowest BCUT2D eigenvalue weighted by Crippen LogP contribution is -2.29. The molecule has 1 fully saturated rings. The van der Waals surface area contributed by atoms with Crippen LogP contribution < -0.4 is 11.1 Å². The van der Waals surface area contributed by atoms with E-state index in [1.165, 1.54) is 13.5 Å². The number of hydrogen-bond acceptors (Lipinski definition) is 4. The topological polar surface area (TPSA) is 64.3 Å². The highest BCUT2D eigenvalue weighted by molar-refractivity contribution is 6.33. The first-order valence-corrected chi connectivity index (χ1v) is 6.88. The van der Waals surface area contributed by atoms with Gasteiger partial charge in [-0.15, -0.1) is 0 Å². The molecule has 1 aliphatic rings. The molecule has 1 aromatic rings. The van der Waals surface area contributed by atoms with Gasteiger partial charge >= 0.3 is 5.97 Å². The monoisotopic (exact) mass is 282 g/mol. The first kappa shape index (κ1) is 14.2. The summed E-state index contributed by atoms with van der Waals surface area (Å²) >= 11 is 5.99. The van der Waals surface area contributed by atoms with E-state index in [2.05, 4.69) is 5.32 Å². The Labute approximate surface area is 118 Å². The molecular weight excluding hydrogens is 264 g/mol. The molecule has 0 heterocycles. The molecule has 104 valence electrons. The third-order valence-electron chi connectivity index (χ3n) is 3.69. The summed E-state index contributed by atoms with van der Waals surface area (Å²) < 4.78 is 4.71. The van der Waals surface area contributed by atoms with Crippen molar-refractivity contribution in [1.82, 2.24) is 0 Å². The van der Waals surface area contributed by atoms with Crippen molar-refractivity contribution in [1.29, 1.82) is 0 Å². The van der Waals surface area contributed by atoms with Crippen LogP contribution in [0.1, 0.15) is 29.6 Å². The zero-order valence-electron chi connectivity index (χ0n) is 11.0. The van der Waals surface area contributed by atoms with E-state index < -0.39 is 5.97 Å². The number of nitrogens with one attached hydrogen (secondary N) is 1. The molecule has 3 N–H and O–H groups in total. The van der Waals surface area contributed by atoms with Gasteiger partial charge in [0.15, 0.2) is 0 Å². The first-order valence-electron chi connectivity index (χ1n) is 6.50. The second-order valence-electron chi connectivity index (χ2n) is 4.86. The summed E-state index contributed by atoms with van der Waals surface area (Å²) in [7, 11) is 1.35. The average Bonchev–Trinajstić information content (AvgIpc) is 2.87. The first-order chi connectivity index (χ1) is 9.15. The van der Waals surface area contributed by atoms with Crippen molar-refractivity contribution < 1.29 is 9.53 Å². The lowest BCUT2D eigenvalue weighted by atomic mass is 10.0. The Morgan fingerprint density at radius 3 is 3.00 bits per heavy atom. The Balaban J connectivity index is 2.15. The molecule has 0 aromatic heterocycles. The minimum Gasteiger partial charge on any atom is -0.465 e. The Bertz CT molecular complexity index is 465. The maximum absolute atomic E-state index is 11.6. The van der Waals surface area contributed by atoms with E-state index in [4.69, 9.17) is 22.1 Å². The van der Waals surface area contributed by atoms with Crippen LogP contribution in [0.2, 0.25) is 5.02 Å². The van der Waals surface area contributed by atoms with E-state index >= 15 is 0 Å². The molecule has 0 saturated heterocycles. The van der Waals surface area contributed by atoms with Crippen molar-refractivity contribution in [2.75, 3.05) is 19.0 Å². The summed E-state index contributed by atoms with van der Waals surface area (Å²) in [5, 5.41) is 3.84. The predicted octanol–water partition coefficient (Wildman–Crippen LogP) is 2.67. The van der Waals surface area contributed by atoms with Gasteiger partial charge in [0.2, 0.25) is 0 Å². The summed E-state index contributed by atoms with van der Waals surface area (Å²) in [5.41, 5.74) is 7.04. The number of carbonyl (C=O) groups is 1. The van der Waals surface area contributed by atoms with Crippen LogP contribution in [-0.2, 0) is 4.74 Å². The van der Waals surface area contributed by atoms with Crippen LogP contribution in [0, 0.1) is 5.92 Å². The van der Waals surface area contributed by atoms with Crippen LogP contribution in [0.3, 0.4) is 0 Å². The number of nitrogens with two attached hydrogens (primary N) is 1. The molecule has 0 radical (unpaired) electrons. The van der Waals surface area contributed by atoms with Crippen LogP contribution in [0.25, 0.3) is 0 Å². The van der Waals surface area contributed by atoms with Crippen LogP contribution in [0.4, 0.5) is 5.69 Å². The SMILES string of the molecule is COC(=O)c1cc(NC2CCCC2CN)ccc1Cl. The maximum atomic E-state index is 11.6. The fourth-order valence-electron chi connectivity index (χ4n) is 2.60. The maximum Gasteiger partial charge on any atom is 0.339 e. The molecule has 1 saturated carbocycles. The summed E-state index contributed by atoms with van der Waals surface area (Å²) in [4.78, 5) is 11.6. The molecular formula is C14H19ClN2O2. The summed E-state index contributed by atoms with van der Waals surface area (Å²) in [6, 6.07) is 5.69.